The quantitative estimate of drug-likeness (QED) is 0.163. The lowest BCUT2D eigenvalue weighted by Crippen LogP contribution is -2.21. The maximum atomic E-state index is 14.4. The molecule has 6 aromatic rings. The van der Waals surface area contributed by atoms with Gasteiger partial charge in [-0.05, 0) is 85.9 Å². The molecule has 0 bridgehead atoms. The molecule has 1 unspecified atom stereocenters. The van der Waals surface area contributed by atoms with Crippen LogP contribution in [0.5, 0.6) is 11.5 Å². The second-order valence-electron chi connectivity index (χ2n) is 14.5. The number of ether oxygens (including phenoxy) is 1. The Hall–Kier alpha value is -4.71. The number of pyridine rings is 1. The highest BCUT2D eigenvalue weighted by Crippen LogP contribution is 2.46. The Bertz CT molecular complexity index is 2190. The largest absolute Gasteiger partial charge is 0.457 e. The van der Waals surface area contributed by atoms with E-state index < -0.39 is 0 Å². The van der Waals surface area contributed by atoms with Crippen molar-refractivity contribution in [2.24, 2.45) is 11.8 Å². The van der Waals surface area contributed by atoms with Gasteiger partial charge in [-0.25, -0.2) is 14.1 Å². The maximum Gasteiger partial charge on any atom is 0.140 e. The molecule has 3 atom stereocenters. The number of allylic oxidation sites excluding steroid dienone is 2. The number of aromatic nitrogens is 4. The number of halogens is 1. The van der Waals surface area contributed by atoms with Crippen molar-refractivity contribution in [1.82, 2.24) is 19.3 Å². The van der Waals surface area contributed by atoms with E-state index >= 15 is 0 Å². The first-order valence-corrected chi connectivity index (χ1v) is 17.3. The van der Waals surface area contributed by atoms with E-state index in [1.54, 1.807) is 0 Å². The van der Waals surface area contributed by atoms with Crippen molar-refractivity contribution in [2.75, 3.05) is 0 Å². The van der Waals surface area contributed by atoms with Gasteiger partial charge in [0.05, 0.1) is 28.1 Å². The molecule has 246 valence electrons. The molecular weight excluding hydrogens is 595 g/mol. The molecule has 5 nitrogen and oxygen atoms in total. The Labute approximate surface area is 283 Å². The SMILES string of the molecule is CC1=CC(C)C[C@H](C)[C@@H]1c1c(C(C)C)nn(-c2cc(C)cc(Oc3ccc4c5ccccc5n(-c5cc(F)ccn5)c4c3)c2)c1C(C)C. The lowest BCUT2D eigenvalue weighted by Gasteiger charge is -2.33. The van der Waals surface area contributed by atoms with Crippen LogP contribution in [0, 0.1) is 24.6 Å². The van der Waals surface area contributed by atoms with Crippen molar-refractivity contribution in [2.45, 2.75) is 79.6 Å². The summed E-state index contributed by atoms with van der Waals surface area (Å²) in [4.78, 5) is 4.51. The van der Waals surface area contributed by atoms with Gasteiger partial charge in [0.1, 0.15) is 23.1 Å². The third-order valence-corrected chi connectivity index (χ3v) is 9.84. The van der Waals surface area contributed by atoms with E-state index in [1.807, 2.05) is 34.9 Å². The second-order valence-corrected chi connectivity index (χ2v) is 14.5. The van der Waals surface area contributed by atoms with Crippen LogP contribution in [0.3, 0.4) is 0 Å². The highest BCUT2D eigenvalue weighted by molar-refractivity contribution is 6.09. The molecule has 1 aliphatic carbocycles. The summed E-state index contributed by atoms with van der Waals surface area (Å²) in [6.45, 7) is 18.2. The average Bonchev–Trinajstić information content (AvgIpc) is 3.57. The van der Waals surface area contributed by atoms with Crippen LogP contribution in [0.1, 0.15) is 95.2 Å². The molecule has 7 rings (SSSR count). The third kappa shape index (κ3) is 5.61. The van der Waals surface area contributed by atoms with Gasteiger partial charge < -0.3 is 4.74 Å². The monoisotopic (exact) mass is 640 g/mol. The Morgan fingerprint density at radius 1 is 0.833 bits per heavy atom. The molecule has 0 aliphatic heterocycles. The number of hydrogen-bond donors (Lipinski definition) is 0. The fraction of sp³-hybridized carbons (Fsp3) is 0.333. The Balaban J connectivity index is 1.34. The topological polar surface area (TPSA) is 44.9 Å². The summed E-state index contributed by atoms with van der Waals surface area (Å²) in [5, 5.41) is 7.49. The van der Waals surface area contributed by atoms with Crippen LogP contribution in [-0.4, -0.2) is 19.3 Å². The number of para-hydroxylation sites is 1. The summed E-state index contributed by atoms with van der Waals surface area (Å²) in [6, 6.07) is 23.4. The molecule has 6 heteroatoms. The number of hydrogen-bond acceptors (Lipinski definition) is 3. The maximum absolute atomic E-state index is 14.4. The minimum atomic E-state index is -0.326. The van der Waals surface area contributed by atoms with Crippen LogP contribution in [0.15, 0.2) is 90.6 Å². The van der Waals surface area contributed by atoms with E-state index in [0.29, 0.717) is 35.2 Å². The summed E-state index contributed by atoms with van der Waals surface area (Å²) in [7, 11) is 0. The minimum absolute atomic E-state index is 0.282. The van der Waals surface area contributed by atoms with Crippen molar-refractivity contribution in [3.8, 4) is 23.0 Å². The smallest absolute Gasteiger partial charge is 0.140 e. The first-order valence-electron chi connectivity index (χ1n) is 17.3. The summed E-state index contributed by atoms with van der Waals surface area (Å²) in [5.74, 6) is 3.71. The molecule has 0 N–H and O–H groups in total. The van der Waals surface area contributed by atoms with Crippen LogP contribution >= 0.6 is 0 Å². The van der Waals surface area contributed by atoms with Crippen molar-refractivity contribution in [3.63, 3.8) is 0 Å². The van der Waals surface area contributed by atoms with E-state index in [2.05, 4.69) is 101 Å². The molecule has 1 aliphatic rings. The zero-order chi connectivity index (χ0) is 33.9. The van der Waals surface area contributed by atoms with Gasteiger partial charge in [-0.3, -0.25) is 4.57 Å². The molecule has 0 saturated heterocycles. The number of rotatable bonds is 7. The molecule has 0 spiro atoms. The number of benzene rings is 3. The summed E-state index contributed by atoms with van der Waals surface area (Å²) in [5.41, 5.74) is 9.29. The molecule has 3 aromatic heterocycles. The third-order valence-electron chi connectivity index (χ3n) is 9.84. The molecule has 0 saturated carbocycles. The normalized spacial score (nSPS) is 18.3. The van der Waals surface area contributed by atoms with Crippen LogP contribution in [-0.2, 0) is 0 Å². The van der Waals surface area contributed by atoms with E-state index in [0.717, 1.165) is 38.8 Å². The fourth-order valence-corrected chi connectivity index (χ4v) is 8.08. The summed E-state index contributed by atoms with van der Waals surface area (Å²) >= 11 is 0. The molecule has 48 heavy (non-hydrogen) atoms. The lowest BCUT2D eigenvalue weighted by atomic mass is 9.71. The first-order chi connectivity index (χ1) is 23.0. The molecular formula is C42H45FN4O. The average molecular weight is 641 g/mol. The van der Waals surface area contributed by atoms with Crippen LogP contribution in [0.4, 0.5) is 4.39 Å². The van der Waals surface area contributed by atoms with Gasteiger partial charge in [0.2, 0.25) is 0 Å². The summed E-state index contributed by atoms with van der Waals surface area (Å²) < 4.78 is 25.2. The van der Waals surface area contributed by atoms with Gasteiger partial charge in [-0.2, -0.15) is 5.10 Å². The standard InChI is InChI=1S/C42H45FN4O/c1-24(2)41-40(39-28(7)17-26(5)18-29(39)8)42(25(3)4)47(45-41)31-19-27(6)20-33(22-31)48-32-13-14-35-34-11-9-10-12-36(34)46(37(35)23-32)38-21-30(43)15-16-44-38/h9-17,19-26,29,39H,18H2,1-8H3/t26?,29-,39+/m0/s1. The summed E-state index contributed by atoms with van der Waals surface area (Å²) in [6.07, 6.45) is 5.16. The number of nitrogens with zero attached hydrogens (tertiary/aromatic N) is 4. The molecule has 0 radical (unpaired) electrons. The van der Waals surface area contributed by atoms with E-state index in [-0.39, 0.29) is 11.7 Å². The van der Waals surface area contributed by atoms with E-state index in [4.69, 9.17) is 9.84 Å². The number of fused-ring (bicyclic) bond motifs is 3. The van der Waals surface area contributed by atoms with Gasteiger partial charge in [0, 0.05) is 46.6 Å². The zero-order valence-corrected chi connectivity index (χ0v) is 29.3. The second kappa shape index (κ2) is 12.4. The van der Waals surface area contributed by atoms with Gasteiger partial charge in [0.25, 0.3) is 0 Å². The predicted octanol–water partition coefficient (Wildman–Crippen LogP) is 11.6. The molecule has 0 amide bonds. The fourth-order valence-electron chi connectivity index (χ4n) is 8.08. The van der Waals surface area contributed by atoms with Crippen LogP contribution < -0.4 is 4.74 Å². The Morgan fingerprint density at radius 3 is 2.33 bits per heavy atom. The molecule has 3 heterocycles. The first kappa shape index (κ1) is 31.9. The Morgan fingerprint density at radius 2 is 1.60 bits per heavy atom. The van der Waals surface area contributed by atoms with Crippen LogP contribution in [0.25, 0.3) is 33.3 Å². The van der Waals surface area contributed by atoms with Crippen molar-refractivity contribution >= 4 is 21.8 Å². The molecule has 3 aromatic carbocycles. The van der Waals surface area contributed by atoms with Gasteiger partial charge in [-0.15, -0.1) is 0 Å². The zero-order valence-electron chi connectivity index (χ0n) is 29.3. The highest BCUT2D eigenvalue weighted by atomic mass is 19.1. The lowest BCUT2D eigenvalue weighted by molar-refractivity contribution is 0.388. The van der Waals surface area contributed by atoms with Gasteiger partial charge in [0.15, 0.2) is 0 Å². The van der Waals surface area contributed by atoms with Gasteiger partial charge >= 0.3 is 0 Å². The van der Waals surface area contributed by atoms with Crippen molar-refractivity contribution in [3.05, 3.63) is 119 Å². The molecule has 0 fully saturated rings. The van der Waals surface area contributed by atoms with Crippen molar-refractivity contribution in [1.29, 1.82) is 0 Å². The van der Waals surface area contributed by atoms with Crippen LogP contribution in [0.2, 0.25) is 0 Å². The van der Waals surface area contributed by atoms with E-state index in [9.17, 15) is 4.39 Å². The number of aryl methyl sites for hydroxylation is 1. The van der Waals surface area contributed by atoms with Crippen molar-refractivity contribution < 1.29 is 9.13 Å². The van der Waals surface area contributed by atoms with E-state index in [1.165, 1.54) is 47.3 Å². The Kier molecular flexibility index (Phi) is 8.22. The highest BCUT2D eigenvalue weighted by Gasteiger charge is 2.35. The van der Waals surface area contributed by atoms with Gasteiger partial charge in [-0.1, -0.05) is 71.4 Å². The minimum Gasteiger partial charge on any atom is -0.457 e. The predicted molar refractivity (Wildman–Crippen MR) is 195 cm³/mol.